The highest BCUT2D eigenvalue weighted by Gasteiger charge is 2.25. The van der Waals surface area contributed by atoms with Gasteiger partial charge in [-0.15, -0.1) is 0 Å². The molecule has 0 saturated carbocycles. The zero-order chi connectivity index (χ0) is 16.1. The molecule has 1 N–H and O–H groups in total. The fourth-order valence-corrected chi connectivity index (χ4v) is 1.97. The monoisotopic (exact) mass is 301 g/mol. The Kier molecular flexibility index (Phi) is 4.76. The number of carbonyl (C=O) groups excluding carboxylic acids is 2. The van der Waals surface area contributed by atoms with Crippen molar-refractivity contribution in [1.82, 2.24) is 0 Å². The number of nitrogens with one attached hydrogen (secondary N) is 1. The van der Waals surface area contributed by atoms with Crippen LogP contribution in [0.5, 0.6) is 11.5 Å². The summed E-state index contributed by atoms with van der Waals surface area (Å²) in [6.07, 6.45) is 1.28. The van der Waals surface area contributed by atoms with Crippen molar-refractivity contribution in [2.75, 3.05) is 20.3 Å². The Labute approximate surface area is 127 Å². The first-order valence-electron chi connectivity index (χ1n) is 6.63. The average Bonchev–Trinajstić information content (AvgIpc) is 2.54. The van der Waals surface area contributed by atoms with Gasteiger partial charge in [0.1, 0.15) is 23.7 Å². The second kappa shape index (κ2) is 6.74. The standard InChI is InChI=1S/C16H15NO5/c1-3-21-16(19)10(8-17)6-11-9-22-14-7-12(20-2)4-5-13(14)15(11)18/h4-7,17H,3,9H2,1-2H3/b11-6-. The SMILES string of the molecule is CCOC(=O)C(=C=N)/C=C1/COc2cc(OC)ccc2C1=O. The second-order valence-electron chi connectivity index (χ2n) is 4.41. The van der Waals surface area contributed by atoms with Crippen LogP contribution >= 0.6 is 0 Å². The molecule has 0 bridgehead atoms. The molecule has 0 aromatic heterocycles. The van der Waals surface area contributed by atoms with Crippen LogP contribution in [-0.4, -0.2) is 37.9 Å². The van der Waals surface area contributed by atoms with E-state index in [2.05, 4.69) is 0 Å². The van der Waals surface area contributed by atoms with Crippen LogP contribution in [0.25, 0.3) is 0 Å². The molecule has 2 rings (SSSR count). The fraction of sp³-hybridized carbons (Fsp3) is 0.250. The maximum Gasteiger partial charge on any atom is 0.347 e. The summed E-state index contributed by atoms with van der Waals surface area (Å²) < 4.78 is 15.4. The molecule has 1 aliphatic rings. The number of rotatable bonds is 4. The van der Waals surface area contributed by atoms with Crippen LogP contribution in [0.2, 0.25) is 0 Å². The molecule has 114 valence electrons. The third kappa shape index (κ3) is 3.07. The highest BCUT2D eigenvalue weighted by molar-refractivity contribution is 6.13. The van der Waals surface area contributed by atoms with Gasteiger partial charge in [0.25, 0.3) is 0 Å². The molecule has 0 spiro atoms. The number of esters is 1. The lowest BCUT2D eigenvalue weighted by Crippen LogP contribution is -2.20. The van der Waals surface area contributed by atoms with E-state index in [1.54, 1.807) is 25.1 Å². The molecule has 1 aliphatic heterocycles. The molecule has 0 radical (unpaired) electrons. The molecular weight excluding hydrogens is 286 g/mol. The zero-order valence-corrected chi connectivity index (χ0v) is 12.3. The van der Waals surface area contributed by atoms with E-state index >= 15 is 0 Å². The summed E-state index contributed by atoms with van der Waals surface area (Å²) in [5, 5.41) is 7.15. The lowest BCUT2D eigenvalue weighted by molar-refractivity contribution is -0.137. The Bertz CT molecular complexity index is 698. The smallest absolute Gasteiger partial charge is 0.347 e. The van der Waals surface area contributed by atoms with Crippen LogP contribution in [0.15, 0.2) is 35.4 Å². The third-order valence-corrected chi connectivity index (χ3v) is 3.06. The average molecular weight is 301 g/mol. The normalized spacial score (nSPS) is 14.6. The summed E-state index contributed by atoms with van der Waals surface area (Å²) in [6, 6.07) is 4.88. The van der Waals surface area contributed by atoms with Crippen molar-refractivity contribution in [2.45, 2.75) is 6.92 Å². The topological polar surface area (TPSA) is 85.7 Å². The molecule has 6 heteroatoms. The summed E-state index contributed by atoms with van der Waals surface area (Å²) in [7, 11) is 1.53. The van der Waals surface area contributed by atoms with E-state index < -0.39 is 5.97 Å². The lowest BCUT2D eigenvalue weighted by atomic mass is 9.98. The van der Waals surface area contributed by atoms with Crippen molar-refractivity contribution in [3.63, 3.8) is 0 Å². The summed E-state index contributed by atoms with van der Waals surface area (Å²) in [4.78, 5) is 24.0. The van der Waals surface area contributed by atoms with E-state index in [-0.39, 0.29) is 30.1 Å². The Morgan fingerprint density at radius 1 is 1.50 bits per heavy atom. The van der Waals surface area contributed by atoms with Crippen LogP contribution in [0, 0.1) is 5.41 Å². The number of benzene rings is 1. The van der Waals surface area contributed by atoms with E-state index in [4.69, 9.17) is 19.6 Å². The van der Waals surface area contributed by atoms with Gasteiger partial charge in [0.15, 0.2) is 5.78 Å². The Hall–Kier alpha value is -2.85. The number of fused-ring (bicyclic) bond motifs is 1. The minimum atomic E-state index is -0.696. The summed E-state index contributed by atoms with van der Waals surface area (Å²) in [5.74, 6) is 2.04. The van der Waals surface area contributed by atoms with Gasteiger partial charge < -0.3 is 14.2 Å². The number of ketones is 1. The quantitative estimate of drug-likeness (QED) is 0.522. The molecule has 0 atom stereocenters. The summed E-state index contributed by atoms with van der Waals surface area (Å²) in [6.45, 7) is 1.84. The zero-order valence-electron chi connectivity index (χ0n) is 12.3. The molecule has 0 amide bonds. The second-order valence-corrected chi connectivity index (χ2v) is 4.41. The van der Waals surface area contributed by atoms with Gasteiger partial charge in [-0.05, 0) is 31.0 Å². The third-order valence-electron chi connectivity index (χ3n) is 3.06. The van der Waals surface area contributed by atoms with Crippen molar-refractivity contribution >= 4 is 17.6 Å². The highest BCUT2D eigenvalue weighted by atomic mass is 16.5. The van der Waals surface area contributed by atoms with Crippen molar-refractivity contribution in [2.24, 2.45) is 0 Å². The molecule has 1 aromatic rings. The number of hydrogen-bond donors (Lipinski definition) is 1. The largest absolute Gasteiger partial charge is 0.497 e. The van der Waals surface area contributed by atoms with Crippen molar-refractivity contribution < 1.29 is 23.8 Å². The number of hydrogen-bond acceptors (Lipinski definition) is 6. The maximum absolute atomic E-state index is 12.4. The number of carbonyl (C=O) groups is 2. The van der Waals surface area contributed by atoms with Crippen molar-refractivity contribution in [3.05, 3.63) is 41.0 Å². The Morgan fingerprint density at radius 3 is 2.91 bits per heavy atom. The van der Waals surface area contributed by atoms with Crippen LogP contribution in [-0.2, 0) is 9.53 Å². The van der Waals surface area contributed by atoms with Crippen molar-refractivity contribution in [3.8, 4) is 11.5 Å². The van der Waals surface area contributed by atoms with Gasteiger partial charge in [-0.2, -0.15) is 0 Å². The van der Waals surface area contributed by atoms with Crippen LogP contribution in [0.1, 0.15) is 17.3 Å². The predicted octanol–water partition coefficient (Wildman–Crippen LogP) is 1.93. The lowest BCUT2D eigenvalue weighted by Gasteiger charge is -2.19. The fourth-order valence-electron chi connectivity index (χ4n) is 1.97. The van der Waals surface area contributed by atoms with Gasteiger partial charge in [-0.1, -0.05) is 0 Å². The number of ether oxygens (including phenoxy) is 3. The van der Waals surface area contributed by atoms with E-state index in [1.165, 1.54) is 13.2 Å². The Morgan fingerprint density at radius 2 is 2.27 bits per heavy atom. The van der Waals surface area contributed by atoms with E-state index in [1.807, 2.05) is 5.87 Å². The van der Waals surface area contributed by atoms with Gasteiger partial charge >= 0.3 is 5.97 Å². The molecule has 1 aromatic carbocycles. The van der Waals surface area contributed by atoms with E-state index in [9.17, 15) is 9.59 Å². The molecule has 0 saturated heterocycles. The molecular formula is C16H15NO5. The van der Waals surface area contributed by atoms with Gasteiger partial charge in [-0.25, -0.2) is 4.79 Å². The van der Waals surface area contributed by atoms with Gasteiger partial charge in [-0.3, -0.25) is 10.2 Å². The van der Waals surface area contributed by atoms with E-state index in [0.717, 1.165) is 0 Å². The predicted molar refractivity (Wildman–Crippen MR) is 78.8 cm³/mol. The van der Waals surface area contributed by atoms with E-state index in [0.29, 0.717) is 17.1 Å². The molecule has 22 heavy (non-hydrogen) atoms. The molecule has 0 unspecified atom stereocenters. The molecule has 6 nitrogen and oxygen atoms in total. The van der Waals surface area contributed by atoms with Crippen LogP contribution in [0.4, 0.5) is 0 Å². The van der Waals surface area contributed by atoms with Gasteiger partial charge in [0.2, 0.25) is 0 Å². The van der Waals surface area contributed by atoms with Gasteiger partial charge in [0, 0.05) is 11.6 Å². The molecule has 0 fully saturated rings. The first-order chi connectivity index (χ1) is 10.6. The van der Waals surface area contributed by atoms with Crippen molar-refractivity contribution in [1.29, 1.82) is 5.41 Å². The highest BCUT2D eigenvalue weighted by Crippen LogP contribution is 2.31. The first kappa shape index (κ1) is 15.5. The summed E-state index contributed by atoms with van der Waals surface area (Å²) in [5.41, 5.74) is 0.526. The minimum absolute atomic E-state index is 0.00356. The first-order valence-corrected chi connectivity index (χ1v) is 6.63. The summed E-state index contributed by atoms with van der Waals surface area (Å²) >= 11 is 0. The number of Topliss-reactive ketones (excluding diaryl/α,β-unsaturated/α-hetero) is 1. The van der Waals surface area contributed by atoms with Gasteiger partial charge in [0.05, 0.1) is 19.3 Å². The molecule has 1 heterocycles. The number of methoxy groups -OCH3 is 1. The Balaban J connectivity index is 2.32. The minimum Gasteiger partial charge on any atom is -0.497 e. The van der Waals surface area contributed by atoms with Crippen LogP contribution in [0.3, 0.4) is 0 Å². The van der Waals surface area contributed by atoms with Crippen LogP contribution < -0.4 is 9.47 Å². The molecule has 0 aliphatic carbocycles. The maximum atomic E-state index is 12.4.